The van der Waals surface area contributed by atoms with E-state index in [1.807, 2.05) is 12.3 Å². The molecular formula is C16H28N4. The molecule has 2 heterocycles. The zero-order chi connectivity index (χ0) is 14.6. The Morgan fingerprint density at radius 2 is 2.00 bits per heavy atom. The number of hydrogen-bond donors (Lipinski definition) is 1. The van der Waals surface area contributed by atoms with Gasteiger partial charge in [0.05, 0.1) is 0 Å². The van der Waals surface area contributed by atoms with Crippen molar-refractivity contribution in [2.24, 2.45) is 0 Å². The van der Waals surface area contributed by atoms with Gasteiger partial charge in [0, 0.05) is 43.5 Å². The Morgan fingerprint density at radius 3 is 2.75 bits per heavy atom. The Morgan fingerprint density at radius 1 is 1.20 bits per heavy atom. The number of rotatable bonds is 3. The van der Waals surface area contributed by atoms with E-state index in [1.165, 1.54) is 18.5 Å². The van der Waals surface area contributed by atoms with E-state index in [2.05, 4.69) is 54.0 Å². The van der Waals surface area contributed by atoms with Crippen LogP contribution in [0.25, 0.3) is 0 Å². The topological polar surface area (TPSA) is 31.4 Å². The average Bonchev–Trinajstić information content (AvgIpc) is 2.61. The van der Waals surface area contributed by atoms with Crippen molar-refractivity contribution in [3.63, 3.8) is 0 Å². The summed E-state index contributed by atoms with van der Waals surface area (Å²) in [6.45, 7) is 11.9. The molecular weight excluding hydrogens is 248 g/mol. The van der Waals surface area contributed by atoms with E-state index in [-0.39, 0.29) is 5.54 Å². The standard InChI is InChI=1S/C16H28N4/c1-16(2,3)18-13-14-7-5-8-17-15(14)20-10-6-9-19(4)11-12-20/h5,7-8,18H,6,9-13H2,1-4H3. The molecule has 1 aliphatic heterocycles. The lowest BCUT2D eigenvalue weighted by atomic mass is 10.1. The highest BCUT2D eigenvalue weighted by Crippen LogP contribution is 2.19. The van der Waals surface area contributed by atoms with Crippen LogP contribution in [-0.2, 0) is 6.54 Å². The molecule has 1 N–H and O–H groups in total. The highest BCUT2D eigenvalue weighted by molar-refractivity contribution is 5.47. The Balaban J connectivity index is 2.10. The lowest BCUT2D eigenvalue weighted by Crippen LogP contribution is -2.36. The first kappa shape index (κ1) is 15.3. The molecule has 0 aromatic carbocycles. The maximum atomic E-state index is 4.64. The molecule has 4 nitrogen and oxygen atoms in total. The van der Waals surface area contributed by atoms with Crippen LogP contribution in [0.15, 0.2) is 18.3 Å². The van der Waals surface area contributed by atoms with Crippen molar-refractivity contribution in [3.05, 3.63) is 23.9 Å². The largest absolute Gasteiger partial charge is 0.355 e. The van der Waals surface area contributed by atoms with Crippen LogP contribution in [0, 0.1) is 0 Å². The fourth-order valence-corrected chi connectivity index (χ4v) is 2.47. The third-order valence-corrected chi connectivity index (χ3v) is 3.70. The number of nitrogens with zero attached hydrogens (tertiary/aromatic N) is 3. The fourth-order valence-electron chi connectivity index (χ4n) is 2.47. The minimum Gasteiger partial charge on any atom is -0.355 e. The summed E-state index contributed by atoms with van der Waals surface area (Å²) in [6, 6.07) is 4.22. The highest BCUT2D eigenvalue weighted by Gasteiger charge is 2.17. The first-order valence-corrected chi connectivity index (χ1v) is 7.58. The van der Waals surface area contributed by atoms with Crippen molar-refractivity contribution in [3.8, 4) is 0 Å². The zero-order valence-corrected chi connectivity index (χ0v) is 13.3. The maximum absolute atomic E-state index is 4.64. The zero-order valence-electron chi connectivity index (χ0n) is 13.3. The summed E-state index contributed by atoms with van der Waals surface area (Å²) in [5.41, 5.74) is 1.43. The van der Waals surface area contributed by atoms with Gasteiger partial charge in [0.15, 0.2) is 0 Å². The second-order valence-corrected chi connectivity index (χ2v) is 6.73. The van der Waals surface area contributed by atoms with Crippen LogP contribution in [-0.4, -0.2) is 48.6 Å². The first-order valence-electron chi connectivity index (χ1n) is 7.58. The number of aromatic nitrogens is 1. The number of pyridine rings is 1. The normalized spacial score (nSPS) is 18.1. The van der Waals surface area contributed by atoms with Crippen molar-refractivity contribution < 1.29 is 0 Å². The van der Waals surface area contributed by atoms with Crippen LogP contribution < -0.4 is 10.2 Å². The molecule has 112 valence electrons. The van der Waals surface area contributed by atoms with Gasteiger partial charge < -0.3 is 15.1 Å². The molecule has 20 heavy (non-hydrogen) atoms. The van der Waals surface area contributed by atoms with E-state index in [0.717, 1.165) is 32.0 Å². The van der Waals surface area contributed by atoms with Gasteiger partial charge in [-0.3, -0.25) is 0 Å². The molecule has 1 saturated heterocycles. The predicted molar refractivity (Wildman–Crippen MR) is 85.2 cm³/mol. The van der Waals surface area contributed by atoms with Crippen molar-refractivity contribution in [1.82, 2.24) is 15.2 Å². The molecule has 0 unspecified atom stereocenters. The van der Waals surface area contributed by atoms with E-state index in [9.17, 15) is 0 Å². The van der Waals surface area contributed by atoms with Crippen LogP contribution in [0.5, 0.6) is 0 Å². The molecule has 1 aliphatic rings. The summed E-state index contributed by atoms with van der Waals surface area (Å²) >= 11 is 0. The second kappa shape index (κ2) is 6.55. The molecule has 0 spiro atoms. The van der Waals surface area contributed by atoms with Crippen molar-refractivity contribution in [2.75, 3.05) is 38.1 Å². The lowest BCUT2D eigenvalue weighted by Gasteiger charge is -2.26. The fraction of sp³-hybridized carbons (Fsp3) is 0.688. The Bertz CT molecular complexity index is 425. The van der Waals surface area contributed by atoms with Crippen molar-refractivity contribution in [1.29, 1.82) is 0 Å². The van der Waals surface area contributed by atoms with Gasteiger partial charge in [-0.2, -0.15) is 0 Å². The molecule has 0 aliphatic carbocycles. The number of nitrogens with one attached hydrogen (secondary N) is 1. The van der Waals surface area contributed by atoms with Gasteiger partial charge in [-0.1, -0.05) is 6.07 Å². The molecule has 4 heteroatoms. The summed E-state index contributed by atoms with van der Waals surface area (Å²) in [7, 11) is 2.20. The predicted octanol–water partition coefficient (Wildman–Crippen LogP) is 2.11. The third kappa shape index (κ3) is 4.46. The molecule has 0 amide bonds. The summed E-state index contributed by atoms with van der Waals surface area (Å²) in [6.07, 6.45) is 3.11. The smallest absolute Gasteiger partial charge is 0.133 e. The third-order valence-electron chi connectivity index (χ3n) is 3.70. The maximum Gasteiger partial charge on any atom is 0.133 e. The SMILES string of the molecule is CN1CCCN(c2ncccc2CNC(C)(C)C)CC1. The van der Waals surface area contributed by atoms with Crippen LogP contribution in [0.3, 0.4) is 0 Å². The molecule has 1 aromatic rings. The van der Waals surface area contributed by atoms with Gasteiger partial charge >= 0.3 is 0 Å². The number of likely N-dealkylation sites (N-methyl/N-ethyl adjacent to an activating group) is 1. The summed E-state index contributed by atoms with van der Waals surface area (Å²) < 4.78 is 0. The summed E-state index contributed by atoms with van der Waals surface area (Å²) in [4.78, 5) is 9.47. The monoisotopic (exact) mass is 276 g/mol. The Kier molecular flexibility index (Phi) is 5.00. The molecule has 1 aromatic heterocycles. The minimum atomic E-state index is 0.131. The van der Waals surface area contributed by atoms with Gasteiger partial charge in [0.25, 0.3) is 0 Å². The Hall–Kier alpha value is -1.13. The Labute approximate surface area is 123 Å². The van der Waals surface area contributed by atoms with Crippen molar-refractivity contribution in [2.45, 2.75) is 39.3 Å². The van der Waals surface area contributed by atoms with E-state index >= 15 is 0 Å². The van der Waals surface area contributed by atoms with Gasteiger partial charge in [-0.05, 0) is 46.9 Å². The number of hydrogen-bond acceptors (Lipinski definition) is 4. The van der Waals surface area contributed by atoms with Crippen LogP contribution in [0.4, 0.5) is 5.82 Å². The van der Waals surface area contributed by atoms with Gasteiger partial charge in [-0.25, -0.2) is 4.98 Å². The average molecular weight is 276 g/mol. The van der Waals surface area contributed by atoms with E-state index in [0.29, 0.717) is 0 Å². The second-order valence-electron chi connectivity index (χ2n) is 6.73. The van der Waals surface area contributed by atoms with Crippen LogP contribution in [0.2, 0.25) is 0 Å². The van der Waals surface area contributed by atoms with Gasteiger partial charge in [0.2, 0.25) is 0 Å². The van der Waals surface area contributed by atoms with Crippen molar-refractivity contribution >= 4 is 5.82 Å². The molecule has 0 saturated carbocycles. The minimum absolute atomic E-state index is 0.131. The molecule has 0 bridgehead atoms. The van der Waals surface area contributed by atoms with E-state index < -0.39 is 0 Å². The number of anilines is 1. The van der Waals surface area contributed by atoms with Gasteiger partial charge in [-0.15, -0.1) is 0 Å². The molecule has 2 rings (SSSR count). The first-order chi connectivity index (χ1) is 9.46. The lowest BCUT2D eigenvalue weighted by molar-refractivity contribution is 0.360. The molecule has 0 atom stereocenters. The van der Waals surface area contributed by atoms with Crippen LogP contribution >= 0.6 is 0 Å². The van der Waals surface area contributed by atoms with E-state index in [1.54, 1.807) is 0 Å². The molecule has 1 fully saturated rings. The summed E-state index contributed by atoms with van der Waals surface area (Å²) in [5.74, 6) is 1.15. The van der Waals surface area contributed by atoms with Gasteiger partial charge in [0.1, 0.15) is 5.82 Å². The quantitative estimate of drug-likeness (QED) is 0.916. The summed E-state index contributed by atoms with van der Waals surface area (Å²) in [5, 5.41) is 3.56. The van der Waals surface area contributed by atoms with E-state index in [4.69, 9.17) is 0 Å². The molecule has 0 radical (unpaired) electrons. The highest BCUT2D eigenvalue weighted by atomic mass is 15.2. The van der Waals surface area contributed by atoms with Crippen LogP contribution in [0.1, 0.15) is 32.8 Å².